The van der Waals surface area contributed by atoms with Crippen LogP contribution < -0.4 is 10.2 Å². The summed E-state index contributed by atoms with van der Waals surface area (Å²) in [6.45, 7) is 5.61. The van der Waals surface area contributed by atoms with Crippen molar-refractivity contribution in [1.82, 2.24) is 15.5 Å². The molecule has 2 heterocycles. The lowest BCUT2D eigenvalue weighted by Crippen LogP contribution is -2.48. The van der Waals surface area contributed by atoms with Crippen LogP contribution in [0.25, 0.3) is 0 Å². The molecule has 0 radical (unpaired) electrons. The number of hydrogen-bond donors (Lipinski definition) is 2. The Hall–Kier alpha value is -2.37. The summed E-state index contributed by atoms with van der Waals surface area (Å²) in [6.07, 6.45) is 3.47. The van der Waals surface area contributed by atoms with Gasteiger partial charge in [-0.15, -0.1) is 0 Å². The van der Waals surface area contributed by atoms with Crippen LogP contribution in [-0.4, -0.2) is 35.2 Å². The molecule has 1 atom stereocenters. The van der Waals surface area contributed by atoms with Crippen LogP contribution in [0.2, 0.25) is 0 Å². The smallest absolute Gasteiger partial charge is 0.255 e. The molecule has 1 aromatic carbocycles. The Kier molecular flexibility index (Phi) is 4.83. The zero-order valence-corrected chi connectivity index (χ0v) is 14.1. The molecule has 1 unspecified atom stereocenters. The fourth-order valence-corrected chi connectivity index (χ4v) is 3.18. The van der Waals surface area contributed by atoms with Gasteiger partial charge in [-0.3, -0.25) is 9.89 Å². The lowest BCUT2D eigenvalue weighted by atomic mass is 10.0. The molecule has 1 fully saturated rings. The van der Waals surface area contributed by atoms with Crippen molar-refractivity contribution in [3.8, 4) is 0 Å². The number of rotatable bonds is 4. The molecule has 0 saturated carbocycles. The quantitative estimate of drug-likeness (QED) is 0.906. The number of amides is 1. The number of hydrogen-bond acceptors (Lipinski definition) is 3. The van der Waals surface area contributed by atoms with Crippen LogP contribution in [0.15, 0.2) is 30.5 Å². The highest BCUT2D eigenvalue weighted by atomic mass is 19.1. The van der Waals surface area contributed by atoms with E-state index in [0.717, 1.165) is 30.8 Å². The molecular weight excluding hydrogens is 307 g/mol. The summed E-state index contributed by atoms with van der Waals surface area (Å²) in [5.74, 6) is -0.124. The molecule has 3 rings (SSSR count). The zero-order chi connectivity index (χ0) is 17.1. The minimum absolute atomic E-state index is 0.0458. The van der Waals surface area contributed by atoms with Crippen LogP contribution in [0.4, 0.5) is 10.1 Å². The maximum absolute atomic E-state index is 13.4. The Bertz CT molecular complexity index is 713. The first-order chi connectivity index (χ1) is 11.5. The Balaban J connectivity index is 1.67. The average molecular weight is 330 g/mol. The SMILES string of the molecule is CC(C)c1[nH]ncc1C(=O)NC1CCCN(c2cccc(F)c2)C1. The van der Waals surface area contributed by atoms with E-state index in [9.17, 15) is 9.18 Å². The van der Waals surface area contributed by atoms with Gasteiger partial charge in [0.25, 0.3) is 5.91 Å². The molecule has 1 aromatic heterocycles. The summed E-state index contributed by atoms with van der Waals surface area (Å²) in [4.78, 5) is 14.7. The molecule has 1 amide bonds. The fraction of sp³-hybridized carbons (Fsp3) is 0.444. The molecule has 0 aliphatic carbocycles. The van der Waals surface area contributed by atoms with Crippen molar-refractivity contribution in [3.63, 3.8) is 0 Å². The van der Waals surface area contributed by atoms with E-state index >= 15 is 0 Å². The highest BCUT2D eigenvalue weighted by Gasteiger charge is 2.24. The number of anilines is 1. The number of aromatic nitrogens is 2. The normalized spacial score (nSPS) is 18.0. The number of H-pyrrole nitrogens is 1. The van der Waals surface area contributed by atoms with Gasteiger partial charge in [0.2, 0.25) is 0 Å². The first kappa shape index (κ1) is 16.5. The van der Waals surface area contributed by atoms with Gasteiger partial charge in [-0.05, 0) is 37.0 Å². The molecule has 0 spiro atoms. The maximum Gasteiger partial charge on any atom is 0.255 e. The van der Waals surface area contributed by atoms with Gasteiger partial charge in [-0.25, -0.2) is 4.39 Å². The van der Waals surface area contributed by atoms with E-state index in [1.54, 1.807) is 12.3 Å². The summed E-state index contributed by atoms with van der Waals surface area (Å²) in [7, 11) is 0. The molecule has 0 bridgehead atoms. The van der Waals surface area contributed by atoms with Crippen LogP contribution >= 0.6 is 0 Å². The average Bonchev–Trinajstić information content (AvgIpc) is 3.05. The van der Waals surface area contributed by atoms with Crippen molar-refractivity contribution in [2.75, 3.05) is 18.0 Å². The molecule has 1 aliphatic rings. The molecule has 5 nitrogen and oxygen atoms in total. The zero-order valence-electron chi connectivity index (χ0n) is 14.1. The second kappa shape index (κ2) is 7.03. The molecule has 128 valence electrons. The topological polar surface area (TPSA) is 61.0 Å². The second-order valence-corrected chi connectivity index (χ2v) is 6.59. The largest absolute Gasteiger partial charge is 0.369 e. The number of carbonyl (C=O) groups is 1. The molecular formula is C18H23FN4O. The summed E-state index contributed by atoms with van der Waals surface area (Å²) in [5, 5.41) is 9.99. The van der Waals surface area contributed by atoms with Crippen LogP contribution in [0, 0.1) is 5.82 Å². The van der Waals surface area contributed by atoms with Crippen molar-refractivity contribution in [2.24, 2.45) is 0 Å². The summed E-state index contributed by atoms with van der Waals surface area (Å²) >= 11 is 0. The highest BCUT2D eigenvalue weighted by Crippen LogP contribution is 2.21. The molecule has 6 heteroatoms. The minimum atomic E-state index is -0.237. The van der Waals surface area contributed by atoms with E-state index in [1.807, 2.05) is 19.9 Å². The third-order valence-corrected chi connectivity index (χ3v) is 4.42. The Labute approximate surface area is 141 Å². The van der Waals surface area contributed by atoms with Crippen molar-refractivity contribution < 1.29 is 9.18 Å². The van der Waals surface area contributed by atoms with Crippen LogP contribution in [0.1, 0.15) is 48.7 Å². The third-order valence-electron chi connectivity index (χ3n) is 4.42. The van der Waals surface area contributed by atoms with Crippen LogP contribution in [0.3, 0.4) is 0 Å². The van der Waals surface area contributed by atoms with Gasteiger partial charge in [-0.1, -0.05) is 19.9 Å². The second-order valence-electron chi connectivity index (χ2n) is 6.59. The van der Waals surface area contributed by atoms with Gasteiger partial charge in [-0.2, -0.15) is 5.10 Å². The first-order valence-corrected chi connectivity index (χ1v) is 8.39. The number of benzene rings is 1. The minimum Gasteiger partial charge on any atom is -0.369 e. The van der Waals surface area contributed by atoms with Crippen LogP contribution in [0.5, 0.6) is 0 Å². The third kappa shape index (κ3) is 3.58. The molecule has 2 N–H and O–H groups in total. The molecule has 1 saturated heterocycles. The van der Waals surface area contributed by atoms with E-state index in [4.69, 9.17) is 0 Å². The van der Waals surface area contributed by atoms with Gasteiger partial charge in [0, 0.05) is 24.8 Å². The number of nitrogens with zero attached hydrogens (tertiary/aromatic N) is 2. The van der Waals surface area contributed by atoms with Crippen LogP contribution in [-0.2, 0) is 0 Å². The van der Waals surface area contributed by atoms with Gasteiger partial charge in [0.15, 0.2) is 0 Å². The van der Waals surface area contributed by atoms with E-state index in [2.05, 4.69) is 20.4 Å². The van der Waals surface area contributed by atoms with E-state index in [0.29, 0.717) is 12.1 Å². The van der Waals surface area contributed by atoms with E-state index < -0.39 is 0 Å². The number of nitrogens with one attached hydrogen (secondary N) is 2. The summed E-state index contributed by atoms with van der Waals surface area (Å²) < 4.78 is 13.4. The van der Waals surface area contributed by atoms with E-state index in [-0.39, 0.29) is 23.7 Å². The van der Waals surface area contributed by atoms with E-state index in [1.165, 1.54) is 12.1 Å². The Morgan fingerprint density at radius 2 is 2.29 bits per heavy atom. The Morgan fingerprint density at radius 3 is 3.04 bits per heavy atom. The molecule has 1 aliphatic heterocycles. The van der Waals surface area contributed by atoms with Crippen molar-refractivity contribution in [1.29, 1.82) is 0 Å². The van der Waals surface area contributed by atoms with Crippen molar-refractivity contribution >= 4 is 11.6 Å². The number of carbonyl (C=O) groups excluding carboxylic acids is 1. The number of piperidine rings is 1. The number of halogens is 1. The van der Waals surface area contributed by atoms with Gasteiger partial charge < -0.3 is 10.2 Å². The maximum atomic E-state index is 13.4. The predicted octanol–water partition coefficient (Wildman–Crippen LogP) is 3.07. The van der Waals surface area contributed by atoms with Crippen molar-refractivity contribution in [3.05, 3.63) is 47.5 Å². The Morgan fingerprint density at radius 1 is 1.46 bits per heavy atom. The highest BCUT2D eigenvalue weighted by molar-refractivity contribution is 5.95. The van der Waals surface area contributed by atoms with Gasteiger partial charge in [0.05, 0.1) is 17.5 Å². The molecule has 24 heavy (non-hydrogen) atoms. The first-order valence-electron chi connectivity index (χ1n) is 8.39. The lowest BCUT2D eigenvalue weighted by molar-refractivity contribution is 0.0932. The molecule has 2 aromatic rings. The summed E-state index contributed by atoms with van der Waals surface area (Å²) in [6, 6.07) is 6.65. The monoisotopic (exact) mass is 330 g/mol. The lowest BCUT2D eigenvalue weighted by Gasteiger charge is -2.34. The van der Waals surface area contributed by atoms with Crippen molar-refractivity contribution in [2.45, 2.75) is 38.6 Å². The predicted molar refractivity (Wildman–Crippen MR) is 91.8 cm³/mol. The fourth-order valence-electron chi connectivity index (χ4n) is 3.18. The van der Waals surface area contributed by atoms with Gasteiger partial charge in [0.1, 0.15) is 5.82 Å². The number of aromatic amines is 1. The van der Waals surface area contributed by atoms with Gasteiger partial charge >= 0.3 is 0 Å². The summed E-state index contributed by atoms with van der Waals surface area (Å²) in [5.41, 5.74) is 2.32. The standard InChI is InChI=1S/C18H23FN4O/c1-12(2)17-16(10-20-22-17)18(24)21-14-6-4-8-23(11-14)15-7-3-5-13(19)9-15/h3,5,7,9-10,12,14H,4,6,8,11H2,1-2H3,(H,20,22)(H,21,24).